The van der Waals surface area contributed by atoms with Crippen molar-refractivity contribution in [3.8, 4) is 0 Å². The van der Waals surface area contributed by atoms with E-state index >= 15 is 0 Å². The highest BCUT2D eigenvalue weighted by atomic mass is 127. The summed E-state index contributed by atoms with van der Waals surface area (Å²) in [4.78, 5) is 46.8. The van der Waals surface area contributed by atoms with Crippen molar-refractivity contribution in [2.75, 3.05) is 6.61 Å². The second-order valence-corrected chi connectivity index (χ2v) is 8.68. The van der Waals surface area contributed by atoms with Crippen molar-refractivity contribution in [1.29, 1.82) is 0 Å². The van der Waals surface area contributed by atoms with Crippen LogP contribution >= 0.6 is 22.6 Å². The normalized spacial score (nSPS) is 24.7. The van der Waals surface area contributed by atoms with E-state index in [0.717, 1.165) is 9.13 Å². The van der Waals surface area contributed by atoms with Crippen molar-refractivity contribution in [3.05, 3.63) is 39.5 Å². The van der Waals surface area contributed by atoms with Gasteiger partial charge in [-0.2, -0.15) is 0 Å². The second-order valence-electron chi connectivity index (χ2n) is 7.43. The van der Waals surface area contributed by atoms with Crippen LogP contribution in [0.15, 0.2) is 30.3 Å². The Morgan fingerprint density at radius 1 is 0.879 bits per heavy atom. The maximum absolute atomic E-state index is 11.8. The molecule has 1 aromatic rings. The first-order valence-electron chi connectivity index (χ1n) is 10.3. The SMILES string of the molecule is CC(=O)OC[C@H]1O[C@H](CC=Cc2cccc(I)c2)[C@@H](OC(C)=O)[C@@H](OC(C)=O)[C@@H]1OC(C)=O. The molecular formula is C23H27IO9. The van der Waals surface area contributed by atoms with Gasteiger partial charge in [0, 0.05) is 31.3 Å². The topological polar surface area (TPSA) is 114 Å². The molecule has 9 nitrogen and oxygen atoms in total. The number of carbonyl (C=O) groups is 4. The standard InChI is InChI=1S/C23H27IO9/c1-13(25)29-12-20-22(31-15(3)27)23(32-16(4)28)21(30-14(2)26)19(33-20)10-6-8-17-7-5-9-18(24)11-17/h5-9,11,19-23H,10,12H2,1-4H3/t19-,20-,21-,22-,23-/m1/s1. The van der Waals surface area contributed by atoms with Crippen molar-refractivity contribution in [1.82, 2.24) is 0 Å². The first-order valence-corrected chi connectivity index (χ1v) is 11.4. The maximum atomic E-state index is 11.8. The number of halogens is 1. The van der Waals surface area contributed by atoms with Gasteiger partial charge >= 0.3 is 23.9 Å². The van der Waals surface area contributed by atoms with E-state index in [1.165, 1.54) is 27.7 Å². The lowest BCUT2D eigenvalue weighted by Gasteiger charge is -2.44. The van der Waals surface area contributed by atoms with Crippen LogP contribution < -0.4 is 0 Å². The molecule has 0 aliphatic carbocycles. The van der Waals surface area contributed by atoms with Gasteiger partial charge in [0.2, 0.25) is 0 Å². The van der Waals surface area contributed by atoms with Crippen LogP contribution in [0.1, 0.15) is 39.7 Å². The smallest absolute Gasteiger partial charge is 0.303 e. The Labute approximate surface area is 205 Å². The van der Waals surface area contributed by atoms with E-state index in [1.54, 1.807) is 0 Å². The summed E-state index contributed by atoms with van der Waals surface area (Å²) in [6.07, 6.45) is -1.04. The van der Waals surface area contributed by atoms with Crippen molar-refractivity contribution < 1.29 is 42.9 Å². The van der Waals surface area contributed by atoms with Crippen LogP contribution in [0.5, 0.6) is 0 Å². The van der Waals surface area contributed by atoms with Crippen LogP contribution in [-0.4, -0.2) is 61.0 Å². The highest BCUT2D eigenvalue weighted by molar-refractivity contribution is 14.1. The summed E-state index contributed by atoms with van der Waals surface area (Å²) >= 11 is 2.21. The third kappa shape index (κ3) is 8.77. The van der Waals surface area contributed by atoms with Crippen molar-refractivity contribution in [2.24, 2.45) is 0 Å². The zero-order chi connectivity index (χ0) is 24.5. The van der Waals surface area contributed by atoms with Gasteiger partial charge < -0.3 is 23.7 Å². The first-order chi connectivity index (χ1) is 15.6. The Hall–Kier alpha value is -2.47. The fourth-order valence-electron chi connectivity index (χ4n) is 3.46. The monoisotopic (exact) mass is 574 g/mol. The van der Waals surface area contributed by atoms with E-state index in [1.807, 2.05) is 36.4 Å². The lowest BCUT2D eigenvalue weighted by molar-refractivity contribution is -0.251. The molecule has 1 fully saturated rings. The summed E-state index contributed by atoms with van der Waals surface area (Å²) in [6, 6.07) is 7.82. The number of carbonyl (C=O) groups excluding carboxylic acids is 4. The van der Waals surface area contributed by atoms with Gasteiger partial charge in [0.15, 0.2) is 18.3 Å². The van der Waals surface area contributed by atoms with Gasteiger partial charge in [0.1, 0.15) is 18.8 Å². The molecule has 0 N–H and O–H groups in total. The summed E-state index contributed by atoms with van der Waals surface area (Å²) in [7, 11) is 0. The summed E-state index contributed by atoms with van der Waals surface area (Å²) in [5.74, 6) is -2.49. The van der Waals surface area contributed by atoms with E-state index in [0.29, 0.717) is 0 Å². The minimum atomic E-state index is -1.15. The van der Waals surface area contributed by atoms with E-state index in [-0.39, 0.29) is 13.0 Å². The van der Waals surface area contributed by atoms with Crippen LogP contribution in [0.4, 0.5) is 0 Å². The Kier molecular flexibility index (Phi) is 10.3. The molecule has 0 bridgehead atoms. The van der Waals surface area contributed by atoms with Gasteiger partial charge in [-0.15, -0.1) is 0 Å². The van der Waals surface area contributed by atoms with Gasteiger partial charge in [-0.1, -0.05) is 24.3 Å². The van der Waals surface area contributed by atoms with Crippen LogP contribution in [-0.2, 0) is 42.9 Å². The molecule has 1 aliphatic rings. The lowest BCUT2D eigenvalue weighted by atomic mass is 9.92. The predicted molar refractivity (Wildman–Crippen MR) is 125 cm³/mol. The predicted octanol–water partition coefficient (Wildman–Crippen LogP) is 2.82. The molecule has 0 aromatic heterocycles. The second kappa shape index (κ2) is 12.7. The molecule has 0 unspecified atom stereocenters. The highest BCUT2D eigenvalue weighted by Gasteiger charge is 2.51. The van der Waals surface area contributed by atoms with Crippen LogP contribution in [0.2, 0.25) is 0 Å². The van der Waals surface area contributed by atoms with E-state index in [9.17, 15) is 19.2 Å². The molecule has 1 heterocycles. The average molecular weight is 574 g/mol. The number of ether oxygens (including phenoxy) is 5. The van der Waals surface area contributed by atoms with E-state index in [4.69, 9.17) is 23.7 Å². The molecule has 0 amide bonds. The third-order valence-corrected chi connectivity index (χ3v) is 5.29. The minimum Gasteiger partial charge on any atom is -0.463 e. The molecule has 1 aliphatic heterocycles. The zero-order valence-electron chi connectivity index (χ0n) is 18.8. The Morgan fingerprint density at radius 3 is 2.00 bits per heavy atom. The van der Waals surface area contributed by atoms with Gasteiger partial charge in [-0.3, -0.25) is 19.2 Å². The Balaban J connectivity index is 2.36. The number of rotatable bonds is 8. The van der Waals surface area contributed by atoms with E-state index < -0.39 is 54.4 Å². The summed E-state index contributed by atoms with van der Waals surface area (Å²) < 4.78 is 28.4. The zero-order valence-corrected chi connectivity index (χ0v) is 21.0. The molecule has 180 valence electrons. The van der Waals surface area contributed by atoms with Crippen molar-refractivity contribution >= 4 is 52.5 Å². The molecule has 10 heteroatoms. The molecule has 1 aromatic carbocycles. The molecule has 1 saturated heterocycles. The average Bonchev–Trinajstić information content (AvgIpc) is 2.69. The number of hydrogen-bond donors (Lipinski definition) is 0. The largest absolute Gasteiger partial charge is 0.463 e. The lowest BCUT2D eigenvalue weighted by Crippen LogP contribution is -2.62. The quantitative estimate of drug-likeness (QED) is 0.263. The fourth-order valence-corrected chi connectivity index (χ4v) is 4.02. The molecule has 0 spiro atoms. The first kappa shape index (κ1) is 26.8. The van der Waals surface area contributed by atoms with Crippen molar-refractivity contribution in [2.45, 2.75) is 64.6 Å². The Bertz CT molecular complexity index is 898. The fraction of sp³-hybridized carbons (Fsp3) is 0.478. The summed E-state index contributed by atoms with van der Waals surface area (Å²) in [6.45, 7) is 4.59. The van der Waals surface area contributed by atoms with Crippen LogP contribution in [0.25, 0.3) is 6.08 Å². The molecule has 5 atom stereocenters. The van der Waals surface area contributed by atoms with Crippen LogP contribution in [0.3, 0.4) is 0 Å². The van der Waals surface area contributed by atoms with Gasteiger partial charge in [0.25, 0.3) is 0 Å². The number of esters is 4. The summed E-state index contributed by atoms with van der Waals surface area (Å²) in [5, 5.41) is 0. The number of hydrogen-bond acceptors (Lipinski definition) is 9. The summed E-state index contributed by atoms with van der Waals surface area (Å²) in [5.41, 5.74) is 0.965. The van der Waals surface area contributed by atoms with Gasteiger partial charge in [-0.25, -0.2) is 0 Å². The van der Waals surface area contributed by atoms with Crippen LogP contribution in [0, 0.1) is 3.57 Å². The van der Waals surface area contributed by atoms with Gasteiger partial charge in [-0.05, 0) is 46.7 Å². The molecule has 2 rings (SSSR count). The molecular weight excluding hydrogens is 547 g/mol. The molecule has 0 saturated carbocycles. The minimum absolute atomic E-state index is 0.241. The molecule has 33 heavy (non-hydrogen) atoms. The maximum Gasteiger partial charge on any atom is 0.303 e. The van der Waals surface area contributed by atoms with Gasteiger partial charge in [0.05, 0.1) is 0 Å². The highest BCUT2D eigenvalue weighted by Crippen LogP contribution is 2.31. The Morgan fingerprint density at radius 2 is 1.45 bits per heavy atom. The van der Waals surface area contributed by atoms with E-state index in [2.05, 4.69) is 22.6 Å². The number of benzene rings is 1. The van der Waals surface area contributed by atoms with Crippen molar-refractivity contribution in [3.63, 3.8) is 0 Å². The molecule has 0 radical (unpaired) electrons. The third-order valence-electron chi connectivity index (χ3n) is 4.61.